The predicted octanol–water partition coefficient (Wildman–Crippen LogP) is 3.14. The number of aliphatic carboxylic acids is 1. The predicted molar refractivity (Wildman–Crippen MR) is 82.3 cm³/mol. The summed E-state index contributed by atoms with van der Waals surface area (Å²) in [5.74, 6) is -1.36. The lowest BCUT2D eigenvalue weighted by Gasteiger charge is -2.16. The van der Waals surface area contributed by atoms with Gasteiger partial charge in [-0.25, -0.2) is 0 Å². The van der Waals surface area contributed by atoms with E-state index >= 15 is 0 Å². The maximum atomic E-state index is 12.4. The molecule has 0 aromatic heterocycles. The molecule has 5 nitrogen and oxygen atoms in total. The lowest BCUT2D eigenvalue weighted by molar-refractivity contribution is -0.145. The van der Waals surface area contributed by atoms with Crippen molar-refractivity contribution < 1.29 is 19.4 Å². The minimum absolute atomic E-state index is 0.244. The number of methoxy groups -OCH3 is 1. The molecule has 21 heavy (non-hydrogen) atoms. The van der Waals surface area contributed by atoms with E-state index in [1.54, 1.807) is 25.3 Å². The van der Waals surface area contributed by atoms with Gasteiger partial charge in [0.25, 0.3) is 0 Å². The van der Waals surface area contributed by atoms with Gasteiger partial charge in [0.15, 0.2) is 0 Å². The summed E-state index contributed by atoms with van der Waals surface area (Å²) in [6.45, 7) is 1.98. The lowest BCUT2D eigenvalue weighted by atomic mass is 9.95. The fourth-order valence-electron chi connectivity index (χ4n) is 2.84. The van der Waals surface area contributed by atoms with Gasteiger partial charge in [-0.3, -0.25) is 9.59 Å². The first-order valence-corrected chi connectivity index (χ1v) is 7.58. The van der Waals surface area contributed by atoms with Crippen LogP contribution in [0.15, 0.2) is 22.7 Å². The number of halogens is 1. The monoisotopic (exact) mass is 355 g/mol. The van der Waals surface area contributed by atoms with Crippen molar-refractivity contribution in [1.82, 2.24) is 0 Å². The third kappa shape index (κ3) is 3.75. The summed E-state index contributed by atoms with van der Waals surface area (Å²) in [6.07, 6.45) is 1.16. The summed E-state index contributed by atoms with van der Waals surface area (Å²) in [6, 6.07) is 5.25. The minimum Gasteiger partial charge on any atom is -0.497 e. The van der Waals surface area contributed by atoms with Crippen LogP contribution in [0.5, 0.6) is 5.75 Å². The molecule has 0 heterocycles. The van der Waals surface area contributed by atoms with Gasteiger partial charge < -0.3 is 15.2 Å². The molecule has 2 N–H and O–H groups in total. The highest BCUT2D eigenvalue weighted by Crippen LogP contribution is 2.37. The van der Waals surface area contributed by atoms with Gasteiger partial charge in [-0.05, 0) is 30.9 Å². The van der Waals surface area contributed by atoms with Crippen LogP contribution in [0.25, 0.3) is 0 Å². The number of carbonyl (C=O) groups excluding carboxylic acids is 1. The third-order valence-electron chi connectivity index (χ3n) is 3.83. The fraction of sp³-hybridized carbons (Fsp3) is 0.467. The van der Waals surface area contributed by atoms with Crippen molar-refractivity contribution in [2.45, 2.75) is 19.8 Å². The van der Waals surface area contributed by atoms with Crippen LogP contribution in [0.2, 0.25) is 0 Å². The van der Waals surface area contributed by atoms with E-state index in [1.165, 1.54) is 0 Å². The van der Waals surface area contributed by atoms with Crippen LogP contribution in [0, 0.1) is 17.8 Å². The van der Waals surface area contributed by atoms with Gasteiger partial charge in [-0.15, -0.1) is 0 Å². The van der Waals surface area contributed by atoms with Gasteiger partial charge >= 0.3 is 5.97 Å². The highest BCUT2D eigenvalue weighted by molar-refractivity contribution is 9.10. The molecule has 0 bridgehead atoms. The molecular formula is C15H18BrNO4. The molecule has 0 saturated heterocycles. The van der Waals surface area contributed by atoms with E-state index in [0.717, 1.165) is 4.47 Å². The molecule has 1 aliphatic carbocycles. The summed E-state index contributed by atoms with van der Waals surface area (Å²) in [5, 5.41) is 12.0. The molecule has 0 radical (unpaired) electrons. The number of ether oxygens (including phenoxy) is 1. The normalized spacial score (nSPS) is 24.6. The van der Waals surface area contributed by atoms with Crippen LogP contribution in [0.1, 0.15) is 19.8 Å². The zero-order valence-corrected chi connectivity index (χ0v) is 13.5. The van der Waals surface area contributed by atoms with Gasteiger partial charge in [0.05, 0.1) is 18.9 Å². The first-order valence-electron chi connectivity index (χ1n) is 6.79. The Morgan fingerprint density at radius 2 is 1.95 bits per heavy atom. The number of amides is 1. The van der Waals surface area contributed by atoms with Crippen molar-refractivity contribution in [3.05, 3.63) is 22.7 Å². The first kappa shape index (κ1) is 15.8. The molecule has 114 valence electrons. The SMILES string of the molecule is COc1cc(Br)cc(NC(=O)C2CC(C)CC2C(=O)O)c1. The quantitative estimate of drug-likeness (QED) is 0.869. The van der Waals surface area contributed by atoms with Crippen molar-refractivity contribution in [3.63, 3.8) is 0 Å². The van der Waals surface area contributed by atoms with Crippen LogP contribution >= 0.6 is 15.9 Å². The average molecular weight is 356 g/mol. The molecule has 1 aromatic carbocycles. The number of rotatable bonds is 4. The van der Waals surface area contributed by atoms with Gasteiger partial charge in [-0.2, -0.15) is 0 Å². The first-order chi connectivity index (χ1) is 9.90. The van der Waals surface area contributed by atoms with Gasteiger partial charge in [-0.1, -0.05) is 22.9 Å². The molecule has 1 amide bonds. The van der Waals surface area contributed by atoms with E-state index in [4.69, 9.17) is 4.74 Å². The molecule has 1 fully saturated rings. The van der Waals surface area contributed by atoms with Crippen molar-refractivity contribution in [2.75, 3.05) is 12.4 Å². The van der Waals surface area contributed by atoms with E-state index in [-0.39, 0.29) is 11.8 Å². The van der Waals surface area contributed by atoms with Crippen LogP contribution in [-0.4, -0.2) is 24.1 Å². The van der Waals surface area contributed by atoms with E-state index in [0.29, 0.717) is 24.3 Å². The molecule has 1 aromatic rings. The highest BCUT2D eigenvalue weighted by atomic mass is 79.9. The zero-order chi connectivity index (χ0) is 15.6. The summed E-state index contributed by atoms with van der Waals surface area (Å²) >= 11 is 3.35. The van der Waals surface area contributed by atoms with Crippen molar-refractivity contribution in [2.24, 2.45) is 17.8 Å². The van der Waals surface area contributed by atoms with Crippen molar-refractivity contribution in [3.8, 4) is 5.75 Å². The zero-order valence-electron chi connectivity index (χ0n) is 11.9. The Hall–Kier alpha value is -1.56. The number of carbonyl (C=O) groups is 2. The van der Waals surface area contributed by atoms with Gasteiger partial charge in [0, 0.05) is 16.2 Å². The number of hydrogen-bond donors (Lipinski definition) is 2. The summed E-state index contributed by atoms with van der Waals surface area (Å²) in [7, 11) is 1.55. The number of carboxylic acids is 1. The largest absolute Gasteiger partial charge is 0.497 e. The van der Waals surface area contributed by atoms with Crippen LogP contribution in [-0.2, 0) is 9.59 Å². The van der Waals surface area contributed by atoms with E-state index in [1.807, 2.05) is 6.92 Å². The maximum Gasteiger partial charge on any atom is 0.307 e. The summed E-state index contributed by atoms with van der Waals surface area (Å²) in [4.78, 5) is 23.6. The Kier molecular flexibility index (Phi) is 4.88. The number of carboxylic acid groups (broad SMARTS) is 1. The molecule has 1 saturated carbocycles. The topological polar surface area (TPSA) is 75.6 Å². The van der Waals surface area contributed by atoms with E-state index in [2.05, 4.69) is 21.2 Å². The Bertz CT molecular complexity index is 561. The Balaban J connectivity index is 2.14. The second-order valence-electron chi connectivity index (χ2n) is 5.50. The second-order valence-corrected chi connectivity index (χ2v) is 6.41. The van der Waals surface area contributed by atoms with Crippen LogP contribution in [0.3, 0.4) is 0 Å². The molecule has 3 atom stereocenters. The summed E-state index contributed by atoms with van der Waals surface area (Å²) in [5.41, 5.74) is 0.593. The Morgan fingerprint density at radius 1 is 1.29 bits per heavy atom. The second kappa shape index (κ2) is 6.47. The molecule has 0 spiro atoms. The van der Waals surface area contributed by atoms with Gasteiger partial charge in [0.2, 0.25) is 5.91 Å². The smallest absolute Gasteiger partial charge is 0.307 e. The summed E-state index contributed by atoms with van der Waals surface area (Å²) < 4.78 is 5.93. The Morgan fingerprint density at radius 3 is 2.57 bits per heavy atom. The molecule has 6 heteroatoms. The van der Waals surface area contributed by atoms with Gasteiger partial charge in [0.1, 0.15) is 5.75 Å². The molecule has 3 unspecified atom stereocenters. The number of nitrogens with one attached hydrogen (secondary N) is 1. The molecular weight excluding hydrogens is 338 g/mol. The van der Waals surface area contributed by atoms with Crippen molar-refractivity contribution in [1.29, 1.82) is 0 Å². The Labute approximate surface area is 131 Å². The van der Waals surface area contributed by atoms with Crippen molar-refractivity contribution >= 4 is 33.5 Å². The number of anilines is 1. The fourth-order valence-corrected chi connectivity index (χ4v) is 3.31. The average Bonchev–Trinajstić information content (AvgIpc) is 2.80. The molecule has 1 aliphatic rings. The van der Waals surface area contributed by atoms with E-state index in [9.17, 15) is 14.7 Å². The molecule has 0 aliphatic heterocycles. The minimum atomic E-state index is -0.897. The third-order valence-corrected chi connectivity index (χ3v) is 4.28. The number of benzene rings is 1. The standard InChI is InChI=1S/C15H18BrNO4/c1-8-3-12(13(4-8)15(19)20)14(18)17-10-5-9(16)6-11(7-10)21-2/h5-8,12-13H,3-4H2,1-2H3,(H,17,18)(H,19,20). The maximum absolute atomic E-state index is 12.4. The lowest BCUT2D eigenvalue weighted by Crippen LogP contribution is -2.30. The highest BCUT2D eigenvalue weighted by Gasteiger charge is 2.41. The van der Waals surface area contributed by atoms with E-state index < -0.39 is 17.8 Å². The van der Waals surface area contributed by atoms with Crippen LogP contribution in [0.4, 0.5) is 5.69 Å². The number of hydrogen-bond acceptors (Lipinski definition) is 3. The molecule has 2 rings (SSSR count). The van der Waals surface area contributed by atoms with Crippen LogP contribution < -0.4 is 10.1 Å².